The maximum atomic E-state index is 10.7. The van der Waals surface area contributed by atoms with Crippen molar-refractivity contribution in [3.05, 3.63) is 107 Å². The zero-order valence-corrected chi connectivity index (χ0v) is 16.8. The van der Waals surface area contributed by atoms with E-state index in [0.717, 1.165) is 27.9 Å². The van der Waals surface area contributed by atoms with E-state index in [1.54, 1.807) is 6.07 Å². The Balaban J connectivity index is 1.75. The second-order valence-electron chi connectivity index (χ2n) is 7.09. The molecule has 0 unspecified atom stereocenters. The molecule has 0 aliphatic heterocycles. The quantitative estimate of drug-likeness (QED) is 0.393. The molecule has 2 heterocycles. The van der Waals surface area contributed by atoms with Gasteiger partial charge in [0.2, 0.25) is 5.88 Å². The first kappa shape index (κ1) is 18.4. The molecule has 0 spiro atoms. The van der Waals surface area contributed by atoms with Gasteiger partial charge in [0.15, 0.2) is 5.65 Å². The van der Waals surface area contributed by atoms with Crippen LogP contribution in [-0.2, 0) is 6.42 Å². The van der Waals surface area contributed by atoms with Gasteiger partial charge in [-0.1, -0.05) is 84.4 Å². The lowest BCUT2D eigenvalue weighted by Gasteiger charge is -2.06. The van der Waals surface area contributed by atoms with Gasteiger partial charge in [-0.05, 0) is 23.3 Å². The number of aromatic nitrogens is 3. The van der Waals surface area contributed by atoms with Gasteiger partial charge < -0.3 is 5.11 Å². The summed E-state index contributed by atoms with van der Waals surface area (Å²) in [4.78, 5) is 4.87. The average Bonchev–Trinajstić information content (AvgIpc) is 3.14. The molecule has 5 rings (SSSR count). The predicted molar refractivity (Wildman–Crippen MR) is 120 cm³/mol. The second kappa shape index (κ2) is 7.65. The van der Waals surface area contributed by atoms with E-state index in [4.69, 9.17) is 21.7 Å². The number of fused-ring (bicyclic) bond motifs is 1. The molecule has 4 nitrogen and oxygen atoms in total. The third-order valence-corrected chi connectivity index (χ3v) is 5.31. The minimum Gasteiger partial charge on any atom is -0.493 e. The third kappa shape index (κ3) is 3.42. The number of benzene rings is 3. The SMILES string of the molecule is Oc1cc(-c2ccccc2)nc2c(-c3ccc(Cl)cc3)c(Cc3ccccc3)nn12. The van der Waals surface area contributed by atoms with Crippen molar-refractivity contribution >= 4 is 17.2 Å². The van der Waals surface area contributed by atoms with Crippen LogP contribution in [-0.4, -0.2) is 19.7 Å². The highest BCUT2D eigenvalue weighted by atomic mass is 35.5. The number of rotatable bonds is 4. The van der Waals surface area contributed by atoms with Gasteiger partial charge in [0.05, 0.1) is 17.0 Å². The summed E-state index contributed by atoms with van der Waals surface area (Å²) in [6.07, 6.45) is 0.627. The molecule has 0 aliphatic rings. The normalized spacial score (nSPS) is 11.1. The summed E-state index contributed by atoms with van der Waals surface area (Å²) in [5.41, 5.74) is 6.07. The van der Waals surface area contributed by atoms with Crippen molar-refractivity contribution in [2.24, 2.45) is 0 Å². The van der Waals surface area contributed by atoms with E-state index in [1.165, 1.54) is 4.52 Å². The predicted octanol–water partition coefficient (Wildman–Crippen LogP) is 6.01. The van der Waals surface area contributed by atoms with E-state index < -0.39 is 0 Å². The summed E-state index contributed by atoms with van der Waals surface area (Å²) < 4.78 is 1.51. The van der Waals surface area contributed by atoms with Crippen molar-refractivity contribution in [3.8, 4) is 28.3 Å². The van der Waals surface area contributed by atoms with Gasteiger partial charge in [-0.25, -0.2) is 4.98 Å². The number of hydrogen-bond donors (Lipinski definition) is 1. The van der Waals surface area contributed by atoms with Gasteiger partial charge in [-0.2, -0.15) is 9.61 Å². The van der Waals surface area contributed by atoms with E-state index in [9.17, 15) is 5.11 Å². The van der Waals surface area contributed by atoms with Crippen LogP contribution in [0.25, 0.3) is 28.0 Å². The Hall–Kier alpha value is -3.63. The summed E-state index contributed by atoms with van der Waals surface area (Å²) in [5, 5.41) is 16.1. The molecule has 0 atom stereocenters. The molecule has 30 heavy (non-hydrogen) atoms. The molecule has 146 valence electrons. The molecule has 0 radical (unpaired) electrons. The number of halogens is 1. The van der Waals surface area contributed by atoms with Crippen LogP contribution < -0.4 is 0 Å². The van der Waals surface area contributed by atoms with Gasteiger partial charge >= 0.3 is 0 Å². The highest BCUT2D eigenvalue weighted by Gasteiger charge is 2.19. The maximum Gasteiger partial charge on any atom is 0.216 e. The van der Waals surface area contributed by atoms with Crippen LogP contribution in [0.1, 0.15) is 11.3 Å². The van der Waals surface area contributed by atoms with Crippen LogP contribution in [0, 0.1) is 0 Å². The van der Waals surface area contributed by atoms with E-state index in [1.807, 2.05) is 72.8 Å². The smallest absolute Gasteiger partial charge is 0.216 e. The largest absolute Gasteiger partial charge is 0.493 e. The van der Waals surface area contributed by atoms with Crippen LogP contribution >= 0.6 is 11.6 Å². The molecule has 0 amide bonds. The van der Waals surface area contributed by atoms with Crippen LogP contribution in [0.15, 0.2) is 91.0 Å². The van der Waals surface area contributed by atoms with E-state index in [2.05, 4.69) is 12.1 Å². The number of aromatic hydroxyl groups is 1. The lowest BCUT2D eigenvalue weighted by Crippen LogP contribution is -1.94. The van der Waals surface area contributed by atoms with Gasteiger partial charge in [-0.15, -0.1) is 0 Å². The summed E-state index contributed by atoms with van der Waals surface area (Å²) in [6.45, 7) is 0. The zero-order chi connectivity index (χ0) is 20.5. The zero-order valence-electron chi connectivity index (χ0n) is 16.0. The molecule has 5 heteroatoms. The molecule has 0 saturated heterocycles. The molecule has 0 fully saturated rings. The van der Waals surface area contributed by atoms with Gasteiger partial charge in [0.25, 0.3) is 0 Å². The summed E-state index contributed by atoms with van der Waals surface area (Å²) in [6, 6.07) is 29.2. The number of nitrogens with zero attached hydrogens (tertiary/aromatic N) is 3. The van der Waals surface area contributed by atoms with Crippen molar-refractivity contribution in [3.63, 3.8) is 0 Å². The molecular formula is C25H18ClN3O. The Bertz CT molecular complexity index is 1310. The molecule has 3 aromatic carbocycles. The molecular weight excluding hydrogens is 394 g/mol. The first-order valence-corrected chi connectivity index (χ1v) is 10.0. The Morgan fingerprint density at radius 3 is 2.17 bits per heavy atom. The fourth-order valence-corrected chi connectivity index (χ4v) is 3.75. The lowest BCUT2D eigenvalue weighted by atomic mass is 10.0. The van der Waals surface area contributed by atoms with Gasteiger partial charge in [0.1, 0.15) is 0 Å². The van der Waals surface area contributed by atoms with E-state index in [0.29, 0.717) is 22.8 Å². The lowest BCUT2D eigenvalue weighted by molar-refractivity contribution is 0.435. The minimum atomic E-state index is 0.0494. The molecule has 0 saturated carbocycles. The molecule has 2 aromatic heterocycles. The topological polar surface area (TPSA) is 50.4 Å². The van der Waals surface area contributed by atoms with Crippen LogP contribution in [0.3, 0.4) is 0 Å². The van der Waals surface area contributed by atoms with Crippen LogP contribution in [0.2, 0.25) is 5.02 Å². The standard InChI is InChI=1S/C25H18ClN3O/c26-20-13-11-19(12-14-20)24-22(15-17-7-3-1-4-8-17)28-29-23(30)16-21(27-25(24)29)18-9-5-2-6-10-18/h1-14,16,30H,15H2. The molecule has 0 bridgehead atoms. The van der Waals surface area contributed by atoms with Crippen molar-refractivity contribution in [2.45, 2.75) is 6.42 Å². The average molecular weight is 412 g/mol. The minimum absolute atomic E-state index is 0.0494. The van der Waals surface area contributed by atoms with Crippen molar-refractivity contribution in [1.82, 2.24) is 14.6 Å². The highest BCUT2D eigenvalue weighted by molar-refractivity contribution is 6.30. The van der Waals surface area contributed by atoms with Crippen molar-refractivity contribution < 1.29 is 5.11 Å². The van der Waals surface area contributed by atoms with Crippen molar-refractivity contribution in [1.29, 1.82) is 0 Å². The van der Waals surface area contributed by atoms with Crippen LogP contribution in [0.5, 0.6) is 5.88 Å². The highest BCUT2D eigenvalue weighted by Crippen LogP contribution is 2.33. The van der Waals surface area contributed by atoms with E-state index >= 15 is 0 Å². The third-order valence-electron chi connectivity index (χ3n) is 5.06. The summed E-state index contributed by atoms with van der Waals surface area (Å²) in [7, 11) is 0. The summed E-state index contributed by atoms with van der Waals surface area (Å²) >= 11 is 6.11. The molecule has 1 N–H and O–H groups in total. The maximum absolute atomic E-state index is 10.7. The second-order valence-corrected chi connectivity index (χ2v) is 7.53. The summed E-state index contributed by atoms with van der Waals surface area (Å²) in [5.74, 6) is 0.0494. The Morgan fingerprint density at radius 2 is 1.47 bits per heavy atom. The Kier molecular flexibility index (Phi) is 4.69. The number of hydrogen-bond acceptors (Lipinski definition) is 3. The van der Waals surface area contributed by atoms with E-state index in [-0.39, 0.29) is 5.88 Å². The monoisotopic (exact) mass is 411 g/mol. The van der Waals surface area contributed by atoms with Gasteiger partial charge in [0, 0.05) is 23.1 Å². The Morgan fingerprint density at radius 1 is 0.800 bits per heavy atom. The molecule has 5 aromatic rings. The first-order chi connectivity index (χ1) is 14.7. The van der Waals surface area contributed by atoms with Crippen LogP contribution in [0.4, 0.5) is 0 Å². The Labute approximate surface area is 179 Å². The fraction of sp³-hybridized carbons (Fsp3) is 0.0400. The van der Waals surface area contributed by atoms with Crippen molar-refractivity contribution in [2.75, 3.05) is 0 Å². The first-order valence-electron chi connectivity index (χ1n) is 9.66. The van der Waals surface area contributed by atoms with Gasteiger partial charge in [-0.3, -0.25) is 0 Å². The molecule has 0 aliphatic carbocycles. The fourth-order valence-electron chi connectivity index (χ4n) is 3.63.